The molecule has 0 bridgehead atoms. The lowest BCUT2D eigenvalue weighted by atomic mass is 9.84. The summed E-state index contributed by atoms with van der Waals surface area (Å²) in [6.07, 6.45) is 0. The number of hydrogen-bond acceptors (Lipinski definition) is 5. The first-order chi connectivity index (χ1) is 18.6. The highest BCUT2D eigenvalue weighted by atomic mass is 16.5. The van der Waals surface area contributed by atoms with Gasteiger partial charge in [0.1, 0.15) is 5.54 Å². The molecule has 0 amide bonds. The highest BCUT2D eigenvalue weighted by molar-refractivity contribution is 6.01. The Labute approximate surface area is 236 Å². The van der Waals surface area contributed by atoms with E-state index in [0.29, 0.717) is 11.4 Å². The monoisotopic (exact) mass is 539 g/mol. The Morgan fingerprint density at radius 2 is 1.12 bits per heavy atom. The minimum atomic E-state index is -0.881. The first-order valence-corrected chi connectivity index (χ1v) is 13.6. The van der Waals surface area contributed by atoms with Crippen LogP contribution in [0.1, 0.15) is 66.5 Å². The van der Waals surface area contributed by atoms with Crippen molar-refractivity contribution in [1.82, 2.24) is 10.1 Å². The molecule has 0 aromatic heterocycles. The van der Waals surface area contributed by atoms with E-state index in [1.807, 2.05) is 107 Å². The standard InChI is InChI=1S/C32H37N5O3/c1-29(2)30(3,4)35(38)27(33-29)22-14-18-25(19-15-22)34(24-12-10-9-11-13-24)26-20-16-23(17-21-26)28-36(39)31(5,6)32(7,8)37(28)40/h9-21H,1-8H3. The maximum atomic E-state index is 13.2. The number of amidine groups is 2. The van der Waals surface area contributed by atoms with Gasteiger partial charge in [-0.2, -0.15) is 5.06 Å². The van der Waals surface area contributed by atoms with E-state index in [1.54, 1.807) is 27.7 Å². The first kappa shape index (κ1) is 27.7. The minimum Gasteiger partial charge on any atom is -0.714 e. The molecule has 2 radical (unpaired) electrons. The predicted octanol–water partition coefficient (Wildman–Crippen LogP) is 6.60. The van der Waals surface area contributed by atoms with Gasteiger partial charge >= 0.3 is 5.84 Å². The molecule has 5 rings (SSSR count). The van der Waals surface area contributed by atoms with Crippen molar-refractivity contribution in [3.8, 4) is 0 Å². The summed E-state index contributed by atoms with van der Waals surface area (Å²) in [4.78, 5) is 6.84. The van der Waals surface area contributed by atoms with Crippen LogP contribution < -0.4 is 4.90 Å². The Balaban J connectivity index is 1.52. The molecule has 0 fully saturated rings. The van der Waals surface area contributed by atoms with E-state index in [1.165, 1.54) is 0 Å². The van der Waals surface area contributed by atoms with Crippen molar-refractivity contribution in [3.63, 3.8) is 0 Å². The Bertz CT molecular complexity index is 1470. The molecule has 8 heteroatoms. The van der Waals surface area contributed by atoms with E-state index in [4.69, 9.17) is 4.99 Å². The fourth-order valence-electron chi connectivity index (χ4n) is 5.03. The third-order valence-corrected chi connectivity index (χ3v) is 9.26. The number of hydrogen-bond donors (Lipinski definition) is 0. The van der Waals surface area contributed by atoms with Crippen molar-refractivity contribution in [3.05, 3.63) is 95.2 Å². The predicted molar refractivity (Wildman–Crippen MR) is 157 cm³/mol. The molecule has 208 valence electrons. The smallest absolute Gasteiger partial charge is 0.316 e. The van der Waals surface area contributed by atoms with Crippen molar-refractivity contribution < 1.29 is 15.2 Å². The number of anilines is 3. The zero-order valence-electron chi connectivity index (χ0n) is 24.5. The van der Waals surface area contributed by atoms with Gasteiger partial charge in [0.2, 0.25) is 0 Å². The SMILES string of the molecule is CC1(C)N=C(c2ccc(N(c3ccccc3)c3ccc(C4=[N+]([O-])C(C)(C)C(C)(C)N4[O])cc3)cc2)N([O])C1(C)C. The number of rotatable bonds is 5. The van der Waals surface area contributed by atoms with E-state index in [-0.39, 0.29) is 5.84 Å². The molecular weight excluding hydrogens is 502 g/mol. The molecule has 2 heterocycles. The third-order valence-electron chi connectivity index (χ3n) is 9.26. The first-order valence-electron chi connectivity index (χ1n) is 13.6. The van der Waals surface area contributed by atoms with Crippen molar-refractivity contribution in [2.45, 2.75) is 77.5 Å². The topological polar surface area (TPSA) is 87.9 Å². The number of benzene rings is 3. The lowest BCUT2D eigenvalue weighted by molar-refractivity contribution is -0.539. The summed E-state index contributed by atoms with van der Waals surface area (Å²) in [6.45, 7) is 14.9. The number of aliphatic imine (C=N–C) groups is 1. The van der Waals surface area contributed by atoms with Gasteiger partial charge < -0.3 is 10.1 Å². The van der Waals surface area contributed by atoms with Crippen LogP contribution in [0.25, 0.3) is 0 Å². The van der Waals surface area contributed by atoms with Crippen LogP contribution in [0.2, 0.25) is 0 Å². The molecule has 0 unspecified atom stereocenters. The Morgan fingerprint density at radius 3 is 1.55 bits per heavy atom. The van der Waals surface area contributed by atoms with Gasteiger partial charge in [0, 0.05) is 27.8 Å². The maximum Gasteiger partial charge on any atom is 0.316 e. The van der Waals surface area contributed by atoms with E-state index < -0.39 is 22.2 Å². The second-order valence-corrected chi connectivity index (χ2v) is 12.6. The summed E-state index contributed by atoms with van der Waals surface area (Å²) in [7, 11) is 0. The number of nitrogens with zero attached hydrogens (tertiary/aromatic N) is 5. The molecule has 0 N–H and O–H groups in total. The molecule has 2 aliphatic heterocycles. The molecular formula is C32H37N5O3. The molecule has 0 spiro atoms. The van der Waals surface area contributed by atoms with Gasteiger partial charge in [-0.15, -0.1) is 0 Å². The highest BCUT2D eigenvalue weighted by Crippen LogP contribution is 2.40. The normalized spacial score (nSPS) is 20.6. The van der Waals surface area contributed by atoms with Gasteiger partial charge in [0.15, 0.2) is 11.4 Å². The van der Waals surface area contributed by atoms with Gasteiger partial charge in [-0.1, -0.05) is 28.5 Å². The summed E-state index contributed by atoms with van der Waals surface area (Å²) in [5.74, 6) is 0.545. The second kappa shape index (κ2) is 9.08. The molecule has 0 saturated heterocycles. The highest BCUT2D eigenvalue weighted by Gasteiger charge is 2.60. The quantitative estimate of drug-likeness (QED) is 0.270. The number of hydroxylamine groups is 5. The van der Waals surface area contributed by atoms with E-state index >= 15 is 0 Å². The lowest BCUT2D eigenvalue weighted by Crippen LogP contribution is -2.53. The average Bonchev–Trinajstić information content (AvgIpc) is 3.16. The average molecular weight is 540 g/mol. The third kappa shape index (κ3) is 3.97. The molecule has 0 atom stereocenters. The van der Waals surface area contributed by atoms with Crippen LogP contribution in [0.3, 0.4) is 0 Å². The lowest BCUT2D eigenvalue weighted by Gasteiger charge is -2.35. The maximum absolute atomic E-state index is 13.2. The van der Waals surface area contributed by atoms with Crippen LogP contribution >= 0.6 is 0 Å². The van der Waals surface area contributed by atoms with Crippen LogP contribution in [0, 0.1) is 5.21 Å². The summed E-state index contributed by atoms with van der Waals surface area (Å²) in [5, 5.41) is 41.2. The van der Waals surface area contributed by atoms with Crippen molar-refractivity contribution >= 4 is 28.7 Å². The zero-order chi connectivity index (χ0) is 29.3. The van der Waals surface area contributed by atoms with E-state index in [9.17, 15) is 15.6 Å². The summed E-state index contributed by atoms with van der Waals surface area (Å²) in [5.41, 5.74) is 1.10. The van der Waals surface area contributed by atoms with Crippen LogP contribution in [-0.2, 0) is 10.4 Å². The van der Waals surface area contributed by atoms with Gasteiger partial charge in [-0.05, 0) is 116 Å². The summed E-state index contributed by atoms with van der Waals surface area (Å²) in [6, 6.07) is 25.2. The van der Waals surface area contributed by atoms with Gasteiger partial charge in [-0.3, -0.25) is 9.73 Å². The van der Waals surface area contributed by atoms with Crippen LogP contribution in [0.15, 0.2) is 83.9 Å². The molecule has 8 nitrogen and oxygen atoms in total. The van der Waals surface area contributed by atoms with E-state index in [2.05, 4.69) is 4.90 Å². The molecule has 40 heavy (non-hydrogen) atoms. The molecule has 2 aliphatic rings. The second-order valence-electron chi connectivity index (χ2n) is 12.6. The van der Waals surface area contributed by atoms with Crippen LogP contribution in [0.4, 0.5) is 17.1 Å². The van der Waals surface area contributed by atoms with Gasteiger partial charge in [0.05, 0.1) is 16.6 Å². The van der Waals surface area contributed by atoms with Gasteiger partial charge in [0.25, 0.3) is 0 Å². The molecule has 3 aromatic carbocycles. The fourth-order valence-corrected chi connectivity index (χ4v) is 5.03. The van der Waals surface area contributed by atoms with Gasteiger partial charge in [-0.25, -0.2) is 0 Å². The summed E-state index contributed by atoms with van der Waals surface area (Å²) < 4.78 is 0.830. The van der Waals surface area contributed by atoms with E-state index in [0.717, 1.165) is 37.5 Å². The fraction of sp³-hybridized carbons (Fsp3) is 0.375. The molecule has 3 aromatic rings. The minimum absolute atomic E-state index is 0.113. The molecule has 0 aliphatic carbocycles. The Morgan fingerprint density at radius 1 is 0.650 bits per heavy atom. The Kier molecular flexibility index (Phi) is 6.28. The largest absolute Gasteiger partial charge is 0.714 e. The van der Waals surface area contributed by atoms with Crippen molar-refractivity contribution in [2.75, 3.05) is 4.90 Å². The summed E-state index contributed by atoms with van der Waals surface area (Å²) >= 11 is 0. The van der Waals surface area contributed by atoms with Crippen LogP contribution in [-0.4, -0.2) is 48.7 Å². The van der Waals surface area contributed by atoms with Crippen molar-refractivity contribution in [1.29, 1.82) is 0 Å². The van der Waals surface area contributed by atoms with Crippen LogP contribution in [0.5, 0.6) is 0 Å². The Hall–Kier alpha value is -3.88. The van der Waals surface area contributed by atoms with Crippen molar-refractivity contribution in [2.24, 2.45) is 4.99 Å². The zero-order valence-corrected chi connectivity index (χ0v) is 24.5. The molecule has 0 saturated carbocycles. The number of para-hydroxylation sites is 1.